The number of hydrogen-bond acceptors (Lipinski definition) is 4. The molecule has 0 bridgehead atoms. The molecule has 5 heteroatoms. The van der Waals surface area contributed by atoms with Gasteiger partial charge in [-0.3, -0.25) is 10.1 Å². The van der Waals surface area contributed by atoms with Crippen molar-refractivity contribution in [1.82, 2.24) is 5.32 Å². The number of nitrogens with one attached hydrogen (secondary N) is 1. The highest BCUT2D eigenvalue weighted by atomic mass is 16.6. The molecule has 0 amide bonds. The molecule has 0 radical (unpaired) electrons. The molecule has 20 heavy (non-hydrogen) atoms. The van der Waals surface area contributed by atoms with Gasteiger partial charge in [0.05, 0.1) is 11.0 Å². The maximum atomic E-state index is 10.6. The maximum Gasteiger partial charge on any atom is 0.269 e. The van der Waals surface area contributed by atoms with Crippen molar-refractivity contribution in [3.63, 3.8) is 0 Å². The molecule has 2 unspecified atom stereocenters. The molecule has 5 nitrogen and oxygen atoms in total. The number of benzene rings is 1. The van der Waals surface area contributed by atoms with Crippen molar-refractivity contribution in [3.05, 3.63) is 39.9 Å². The number of rotatable bonds is 6. The largest absolute Gasteiger partial charge is 0.392 e. The topological polar surface area (TPSA) is 75.4 Å². The second-order valence-electron chi connectivity index (χ2n) is 6.40. The summed E-state index contributed by atoms with van der Waals surface area (Å²) in [6.45, 7) is 8.77. The SMILES string of the molecule is CC(NCC(O)CC(C)(C)C)c1ccc([N+](=O)[O-])cc1. The highest BCUT2D eigenvalue weighted by Gasteiger charge is 2.17. The van der Waals surface area contributed by atoms with Crippen LogP contribution < -0.4 is 5.32 Å². The van der Waals surface area contributed by atoms with Crippen molar-refractivity contribution < 1.29 is 10.0 Å². The molecule has 2 atom stereocenters. The minimum atomic E-state index is -0.408. The molecule has 0 heterocycles. The lowest BCUT2D eigenvalue weighted by Crippen LogP contribution is -2.31. The lowest BCUT2D eigenvalue weighted by molar-refractivity contribution is -0.384. The van der Waals surface area contributed by atoms with Crippen molar-refractivity contribution in [2.24, 2.45) is 5.41 Å². The van der Waals surface area contributed by atoms with Crippen molar-refractivity contribution in [1.29, 1.82) is 0 Å². The van der Waals surface area contributed by atoms with E-state index in [4.69, 9.17) is 0 Å². The lowest BCUT2D eigenvalue weighted by atomic mass is 9.89. The van der Waals surface area contributed by atoms with Gasteiger partial charge in [0.2, 0.25) is 0 Å². The zero-order chi connectivity index (χ0) is 15.3. The molecule has 2 N–H and O–H groups in total. The number of aliphatic hydroxyl groups excluding tert-OH is 1. The van der Waals surface area contributed by atoms with Crippen LogP contribution in [0.15, 0.2) is 24.3 Å². The van der Waals surface area contributed by atoms with Gasteiger partial charge in [-0.25, -0.2) is 0 Å². The second-order valence-corrected chi connectivity index (χ2v) is 6.40. The van der Waals surface area contributed by atoms with E-state index in [-0.39, 0.29) is 17.1 Å². The molecule has 1 aromatic carbocycles. The van der Waals surface area contributed by atoms with Crippen LogP contribution in [0, 0.1) is 15.5 Å². The third kappa shape index (κ3) is 5.67. The number of nitro benzene ring substituents is 1. The second kappa shape index (κ2) is 6.81. The third-order valence-corrected chi connectivity index (χ3v) is 3.11. The van der Waals surface area contributed by atoms with Crippen molar-refractivity contribution >= 4 is 5.69 Å². The van der Waals surface area contributed by atoms with Gasteiger partial charge >= 0.3 is 0 Å². The summed E-state index contributed by atoms with van der Waals surface area (Å²) in [6, 6.07) is 6.53. The van der Waals surface area contributed by atoms with E-state index in [1.165, 1.54) is 12.1 Å². The average molecular weight is 280 g/mol. The minimum Gasteiger partial charge on any atom is -0.392 e. The first-order valence-corrected chi connectivity index (χ1v) is 6.85. The van der Waals surface area contributed by atoms with Gasteiger partial charge in [0, 0.05) is 24.7 Å². The molecule has 0 aromatic heterocycles. The molecule has 0 spiro atoms. The lowest BCUT2D eigenvalue weighted by Gasteiger charge is -2.24. The molecule has 0 aliphatic heterocycles. The standard InChI is InChI=1S/C15H24N2O3/c1-11(16-10-14(18)9-15(2,3)4)12-5-7-13(8-6-12)17(19)20/h5-8,11,14,16,18H,9-10H2,1-4H3. The number of hydrogen-bond donors (Lipinski definition) is 2. The van der Waals surface area contributed by atoms with Gasteiger partial charge in [0.15, 0.2) is 0 Å². The van der Waals surface area contributed by atoms with Crippen LogP contribution in [0.3, 0.4) is 0 Å². The number of aliphatic hydroxyl groups is 1. The number of nitro groups is 1. The van der Waals surface area contributed by atoms with Crippen molar-refractivity contribution in [3.8, 4) is 0 Å². The van der Waals surface area contributed by atoms with E-state index in [9.17, 15) is 15.2 Å². The van der Waals surface area contributed by atoms with Crippen LogP contribution >= 0.6 is 0 Å². The third-order valence-electron chi connectivity index (χ3n) is 3.11. The predicted octanol–water partition coefficient (Wildman–Crippen LogP) is 3.04. The first kappa shape index (κ1) is 16.6. The summed E-state index contributed by atoms with van der Waals surface area (Å²) in [5.74, 6) is 0. The summed E-state index contributed by atoms with van der Waals surface area (Å²) in [4.78, 5) is 10.2. The molecule has 0 aliphatic rings. The van der Waals surface area contributed by atoms with Crippen LogP contribution in [0.25, 0.3) is 0 Å². The highest BCUT2D eigenvalue weighted by Crippen LogP contribution is 2.21. The minimum absolute atomic E-state index is 0.0467. The smallest absolute Gasteiger partial charge is 0.269 e. The Balaban J connectivity index is 2.50. The molecular formula is C15H24N2O3. The van der Waals surface area contributed by atoms with Crippen molar-refractivity contribution in [2.75, 3.05) is 6.54 Å². The molecule has 0 saturated heterocycles. The van der Waals surface area contributed by atoms with Gasteiger partial charge in [-0.2, -0.15) is 0 Å². The normalized spacial score (nSPS) is 14.8. The Labute approximate surface area is 120 Å². The Morgan fingerprint density at radius 1 is 1.30 bits per heavy atom. The first-order valence-electron chi connectivity index (χ1n) is 6.85. The van der Waals surface area contributed by atoms with Gasteiger partial charge in [-0.15, -0.1) is 0 Å². The molecule has 112 valence electrons. The summed E-state index contributed by atoms with van der Waals surface area (Å²) < 4.78 is 0. The molecule has 0 aliphatic carbocycles. The van der Waals surface area contributed by atoms with Crippen molar-refractivity contribution in [2.45, 2.75) is 46.3 Å². The summed E-state index contributed by atoms with van der Waals surface area (Å²) in [7, 11) is 0. The van der Waals surface area contributed by atoms with E-state index in [1.807, 2.05) is 6.92 Å². The average Bonchev–Trinajstić information content (AvgIpc) is 2.34. The fraction of sp³-hybridized carbons (Fsp3) is 0.600. The Morgan fingerprint density at radius 3 is 2.30 bits per heavy atom. The fourth-order valence-electron chi connectivity index (χ4n) is 2.09. The monoisotopic (exact) mass is 280 g/mol. The van der Waals surface area contributed by atoms with Crippen LogP contribution in [0.2, 0.25) is 0 Å². The number of nitrogens with zero attached hydrogens (tertiary/aromatic N) is 1. The molecule has 1 aromatic rings. The molecular weight excluding hydrogens is 256 g/mol. The van der Waals surface area contributed by atoms with E-state index < -0.39 is 11.0 Å². The van der Waals surface area contributed by atoms with Gasteiger partial charge in [-0.05, 0) is 24.3 Å². The van der Waals surface area contributed by atoms with E-state index in [0.29, 0.717) is 6.54 Å². The van der Waals surface area contributed by atoms with Crippen LogP contribution in [-0.2, 0) is 0 Å². The van der Waals surface area contributed by atoms with Gasteiger partial charge in [-0.1, -0.05) is 32.9 Å². The first-order chi connectivity index (χ1) is 9.19. The summed E-state index contributed by atoms with van der Waals surface area (Å²) >= 11 is 0. The quantitative estimate of drug-likeness (QED) is 0.620. The Hall–Kier alpha value is -1.46. The summed E-state index contributed by atoms with van der Waals surface area (Å²) in [5.41, 5.74) is 1.16. The van der Waals surface area contributed by atoms with E-state index >= 15 is 0 Å². The van der Waals surface area contributed by atoms with Crippen LogP contribution in [-0.4, -0.2) is 22.7 Å². The zero-order valence-corrected chi connectivity index (χ0v) is 12.6. The molecule has 0 fully saturated rings. The van der Waals surface area contributed by atoms with E-state index in [1.54, 1.807) is 12.1 Å². The zero-order valence-electron chi connectivity index (χ0n) is 12.6. The van der Waals surface area contributed by atoms with E-state index in [0.717, 1.165) is 12.0 Å². The number of non-ortho nitro benzene ring substituents is 1. The Bertz CT molecular complexity index is 437. The Morgan fingerprint density at radius 2 is 1.85 bits per heavy atom. The Kier molecular flexibility index (Phi) is 5.65. The van der Waals surface area contributed by atoms with Crippen LogP contribution in [0.4, 0.5) is 5.69 Å². The van der Waals surface area contributed by atoms with Crippen LogP contribution in [0.5, 0.6) is 0 Å². The van der Waals surface area contributed by atoms with E-state index in [2.05, 4.69) is 26.1 Å². The fourth-order valence-corrected chi connectivity index (χ4v) is 2.09. The highest BCUT2D eigenvalue weighted by molar-refractivity contribution is 5.34. The van der Waals surface area contributed by atoms with Gasteiger partial charge in [0.1, 0.15) is 0 Å². The summed E-state index contributed by atoms with van der Waals surface area (Å²) in [6.07, 6.45) is 0.336. The van der Waals surface area contributed by atoms with Gasteiger partial charge in [0.25, 0.3) is 5.69 Å². The molecule has 0 saturated carbocycles. The maximum absolute atomic E-state index is 10.6. The predicted molar refractivity (Wildman–Crippen MR) is 79.6 cm³/mol. The van der Waals surface area contributed by atoms with Crippen LogP contribution in [0.1, 0.15) is 45.7 Å². The summed E-state index contributed by atoms with van der Waals surface area (Å²) in [5, 5.41) is 23.8. The van der Waals surface area contributed by atoms with Gasteiger partial charge < -0.3 is 10.4 Å². The molecule has 1 rings (SSSR count).